The molecule has 0 aliphatic heterocycles. The third-order valence-electron chi connectivity index (χ3n) is 2.26. The largest absolute Gasteiger partial charge is 0.416 e. The minimum atomic E-state index is -4.58. The van der Waals surface area contributed by atoms with Crippen molar-refractivity contribution >= 4 is 10.0 Å². The summed E-state index contributed by atoms with van der Waals surface area (Å²) in [5, 5.41) is 0. The Morgan fingerprint density at radius 3 is 2.47 bits per heavy atom. The molecule has 0 aromatic heterocycles. The second-order valence-electron chi connectivity index (χ2n) is 3.76. The van der Waals surface area contributed by atoms with Crippen LogP contribution in [-0.2, 0) is 22.0 Å². The van der Waals surface area contributed by atoms with E-state index in [4.69, 9.17) is 6.42 Å². The maximum atomic E-state index is 12.7. The Morgan fingerprint density at radius 1 is 1.26 bits per heavy atom. The predicted octanol–water partition coefficient (Wildman–Crippen LogP) is 2.15. The fourth-order valence-electron chi connectivity index (χ4n) is 1.46. The van der Waals surface area contributed by atoms with E-state index in [1.807, 2.05) is 0 Å². The molecule has 0 bridgehead atoms. The van der Waals surface area contributed by atoms with E-state index in [1.54, 1.807) is 0 Å². The van der Waals surface area contributed by atoms with Gasteiger partial charge in [-0.1, -0.05) is 18.2 Å². The van der Waals surface area contributed by atoms with E-state index in [9.17, 15) is 21.6 Å². The molecule has 7 heteroatoms. The van der Waals surface area contributed by atoms with Crippen LogP contribution in [0.4, 0.5) is 13.2 Å². The number of hydrogen-bond donors (Lipinski definition) is 1. The van der Waals surface area contributed by atoms with Crippen molar-refractivity contribution in [3.05, 3.63) is 35.4 Å². The average Bonchev–Trinajstić information content (AvgIpc) is 2.27. The molecule has 3 nitrogen and oxygen atoms in total. The third kappa shape index (κ3) is 4.93. The van der Waals surface area contributed by atoms with Crippen LogP contribution in [0, 0.1) is 12.3 Å². The molecule has 1 N–H and O–H groups in total. The summed E-state index contributed by atoms with van der Waals surface area (Å²) in [6.45, 7) is 0.00696. The number of alkyl halides is 3. The highest BCUT2D eigenvalue weighted by Gasteiger charge is 2.33. The van der Waals surface area contributed by atoms with Crippen LogP contribution < -0.4 is 4.72 Å². The molecular weight excluding hydrogens is 279 g/mol. The van der Waals surface area contributed by atoms with Crippen LogP contribution in [-0.4, -0.2) is 15.0 Å². The van der Waals surface area contributed by atoms with E-state index in [0.717, 1.165) is 12.1 Å². The lowest BCUT2D eigenvalue weighted by Crippen LogP contribution is -2.27. The lowest BCUT2D eigenvalue weighted by Gasteiger charge is -2.13. The fourth-order valence-corrected chi connectivity index (χ4v) is 2.63. The number of halogens is 3. The minimum Gasteiger partial charge on any atom is -0.214 e. The van der Waals surface area contributed by atoms with Gasteiger partial charge >= 0.3 is 6.18 Å². The summed E-state index contributed by atoms with van der Waals surface area (Å²) >= 11 is 0. The Labute approximate surface area is 109 Å². The highest BCUT2D eigenvalue weighted by molar-refractivity contribution is 7.88. The van der Waals surface area contributed by atoms with E-state index in [2.05, 4.69) is 10.6 Å². The van der Waals surface area contributed by atoms with E-state index in [1.165, 1.54) is 12.1 Å². The molecule has 0 unspecified atom stereocenters. The van der Waals surface area contributed by atoms with Gasteiger partial charge in [-0.2, -0.15) is 13.2 Å². The molecule has 0 spiro atoms. The molecule has 0 saturated heterocycles. The molecule has 104 valence electrons. The van der Waals surface area contributed by atoms with Gasteiger partial charge in [-0.3, -0.25) is 0 Å². The van der Waals surface area contributed by atoms with Crippen LogP contribution in [0.15, 0.2) is 24.3 Å². The molecule has 19 heavy (non-hydrogen) atoms. The number of hydrogen-bond acceptors (Lipinski definition) is 2. The fraction of sp³-hybridized carbons (Fsp3) is 0.333. The lowest BCUT2D eigenvalue weighted by atomic mass is 10.1. The zero-order valence-corrected chi connectivity index (χ0v) is 10.7. The summed E-state index contributed by atoms with van der Waals surface area (Å²) in [6, 6.07) is 4.57. The molecule has 0 aliphatic rings. The molecule has 0 radical (unpaired) electrons. The SMILES string of the molecule is C#CCCNS(=O)(=O)Cc1ccccc1C(F)(F)F. The van der Waals surface area contributed by atoms with Gasteiger partial charge in [0.1, 0.15) is 0 Å². The Hall–Kier alpha value is -1.52. The van der Waals surface area contributed by atoms with E-state index in [-0.39, 0.29) is 18.5 Å². The van der Waals surface area contributed by atoms with Crippen molar-refractivity contribution in [2.24, 2.45) is 0 Å². The van der Waals surface area contributed by atoms with Gasteiger partial charge < -0.3 is 0 Å². The van der Waals surface area contributed by atoms with Crippen molar-refractivity contribution in [3.8, 4) is 12.3 Å². The Morgan fingerprint density at radius 2 is 1.89 bits per heavy atom. The quantitative estimate of drug-likeness (QED) is 0.667. The zero-order valence-electron chi connectivity index (χ0n) is 9.87. The monoisotopic (exact) mass is 291 g/mol. The number of terminal acetylenes is 1. The number of rotatable bonds is 5. The van der Waals surface area contributed by atoms with E-state index in [0.29, 0.717) is 0 Å². The summed E-state index contributed by atoms with van der Waals surface area (Å²) in [5.41, 5.74) is -1.24. The van der Waals surface area contributed by atoms with Gasteiger partial charge in [-0.05, 0) is 11.6 Å². The zero-order chi connectivity index (χ0) is 14.5. The standard InChI is InChI=1S/C12H12F3NO2S/c1-2-3-8-16-19(17,18)9-10-6-4-5-7-11(10)12(13,14)15/h1,4-7,16H,3,8-9H2. The Bertz CT molecular complexity index is 573. The van der Waals surface area contributed by atoms with Gasteiger partial charge in [0.15, 0.2) is 0 Å². The molecule has 1 rings (SSSR count). The smallest absolute Gasteiger partial charge is 0.214 e. The first-order valence-corrected chi connectivity index (χ1v) is 6.97. The van der Waals surface area contributed by atoms with Gasteiger partial charge in [0.2, 0.25) is 10.0 Å². The molecule has 0 fully saturated rings. The van der Waals surface area contributed by atoms with Crippen LogP contribution in [0.25, 0.3) is 0 Å². The molecule has 1 aromatic carbocycles. The average molecular weight is 291 g/mol. The maximum Gasteiger partial charge on any atom is 0.416 e. The molecule has 0 atom stereocenters. The van der Waals surface area contributed by atoms with Crippen LogP contribution in [0.2, 0.25) is 0 Å². The van der Waals surface area contributed by atoms with Crippen LogP contribution in [0.1, 0.15) is 17.5 Å². The van der Waals surface area contributed by atoms with Crippen molar-refractivity contribution in [1.82, 2.24) is 4.72 Å². The van der Waals surface area contributed by atoms with Gasteiger partial charge in [-0.25, -0.2) is 13.1 Å². The van der Waals surface area contributed by atoms with Gasteiger partial charge in [-0.15, -0.1) is 12.3 Å². The second-order valence-corrected chi connectivity index (χ2v) is 5.57. The van der Waals surface area contributed by atoms with E-state index < -0.39 is 27.5 Å². The van der Waals surface area contributed by atoms with Crippen LogP contribution >= 0.6 is 0 Å². The number of nitrogens with one attached hydrogen (secondary N) is 1. The minimum absolute atomic E-state index is 0.00696. The summed E-state index contributed by atoms with van der Waals surface area (Å²) in [4.78, 5) is 0. The normalized spacial score (nSPS) is 12.1. The summed E-state index contributed by atoms with van der Waals surface area (Å²) < 4.78 is 63.4. The van der Waals surface area contributed by atoms with Crippen molar-refractivity contribution in [2.75, 3.05) is 6.54 Å². The molecule has 1 aromatic rings. The highest BCUT2D eigenvalue weighted by Crippen LogP contribution is 2.32. The van der Waals surface area contributed by atoms with Gasteiger partial charge in [0, 0.05) is 13.0 Å². The molecule has 0 aliphatic carbocycles. The van der Waals surface area contributed by atoms with Crippen molar-refractivity contribution < 1.29 is 21.6 Å². The van der Waals surface area contributed by atoms with Gasteiger partial charge in [0.25, 0.3) is 0 Å². The third-order valence-corrected chi connectivity index (χ3v) is 3.59. The van der Waals surface area contributed by atoms with Crippen LogP contribution in [0.5, 0.6) is 0 Å². The summed E-state index contributed by atoms with van der Waals surface area (Å²) in [7, 11) is -3.84. The predicted molar refractivity (Wildman–Crippen MR) is 65.5 cm³/mol. The van der Waals surface area contributed by atoms with E-state index >= 15 is 0 Å². The first kappa shape index (κ1) is 15.5. The Balaban J connectivity index is 2.92. The lowest BCUT2D eigenvalue weighted by molar-refractivity contribution is -0.138. The van der Waals surface area contributed by atoms with Crippen LogP contribution in [0.3, 0.4) is 0 Å². The number of benzene rings is 1. The molecular formula is C12H12F3NO2S. The van der Waals surface area contributed by atoms with Crippen molar-refractivity contribution in [2.45, 2.75) is 18.3 Å². The van der Waals surface area contributed by atoms with Crippen molar-refractivity contribution in [3.63, 3.8) is 0 Å². The number of sulfonamides is 1. The highest BCUT2D eigenvalue weighted by atomic mass is 32.2. The molecule has 0 amide bonds. The maximum absolute atomic E-state index is 12.7. The van der Waals surface area contributed by atoms with Gasteiger partial charge in [0.05, 0.1) is 11.3 Å². The Kier molecular flexibility index (Phi) is 4.97. The van der Waals surface area contributed by atoms with Crippen molar-refractivity contribution in [1.29, 1.82) is 0 Å². The first-order valence-electron chi connectivity index (χ1n) is 5.32. The molecule has 0 heterocycles. The topological polar surface area (TPSA) is 46.2 Å². The second kappa shape index (κ2) is 6.08. The summed E-state index contributed by atoms with van der Waals surface area (Å²) in [5.74, 6) is 1.50. The first-order chi connectivity index (χ1) is 8.76. The summed E-state index contributed by atoms with van der Waals surface area (Å²) in [6.07, 6.45) is 0.560. The molecule has 0 saturated carbocycles.